The number of hydrogen-bond acceptors (Lipinski definition) is 4. The van der Waals surface area contributed by atoms with Crippen molar-refractivity contribution in [2.24, 2.45) is 0 Å². The van der Waals surface area contributed by atoms with Gasteiger partial charge in [0.25, 0.3) is 0 Å². The van der Waals surface area contributed by atoms with E-state index >= 15 is 0 Å². The molecule has 0 radical (unpaired) electrons. The molecular weight excluding hydrogens is 330 g/mol. The second-order valence-corrected chi connectivity index (χ2v) is 6.19. The van der Waals surface area contributed by atoms with E-state index in [2.05, 4.69) is 32.7 Å². The van der Waals surface area contributed by atoms with E-state index < -0.39 is 6.04 Å². The molecule has 26 heavy (non-hydrogen) atoms. The second-order valence-electron chi connectivity index (χ2n) is 6.19. The van der Waals surface area contributed by atoms with E-state index in [1.165, 1.54) is 0 Å². The van der Waals surface area contributed by atoms with Crippen molar-refractivity contribution in [3.05, 3.63) is 54.7 Å². The highest BCUT2D eigenvalue weighted by atomic mass is 16.2. The maximum atomic E-state index is 12.4. The summed E-state index contributed by atoms with van der Waals surface area (Å²) < 4.78 is 0. The van der Waals surface area contributed by atoms with Gasteiger partial charge in [-0.15, -0.1) is 0 Å². The van der Waals surface area contributed by atoms with Crippen LogP contribution >= 0.6 is 0 Å². The van der Waals surface area contributed by atoms with Crippen LogP contribution in [0.3, 0.4) is 0 Å². The molecule has 2 N–H and O–H groups in total. The first-order valence-corrected chi connectivity index (χ1v) is 8.71. The molecule has 0 unspecified atom stereocenters. The van der Waals surface area contributed by atoms with E-state index in [1.54, 1.807) is 36.2 Å². The van der Waals surface area contributed by atoms with Crippen molar-refractivity contribution in [2.45, 2.75) is 13.0 Å². The van der Waals surface area contributed by atoms with Crippen molar-refractivity contribution in [2.75, 3.05) is 36.4 Å². The summed E-state index contributed by atoms with van der Waals surface area (Å²) in [4.78, 5) is 32.6. The van der Waals surface area contributed by atoms with Crippen LogP contribution in [0.2, 0.25) is 0 Å². The Morgan fingerprint density at radius 2 is 1.69 bits per heavy atom. The van der Waals surface area contributed by atoms with Crippen molar-refractivity contribution in [3.63, 3.8) is 0 Å². The molecule has 1 aliphatic heterocycles. The fourth-order valence-electron chi connectivity index (χ4n) is 2.82. The third-order valence-corrected chi connectivity index (χ3v) is 4.34. The quantitative estimate of drug-likeness (QED) is 0.881. The Morgan fingerprint density at radius 3 is 2.35 bits per heavy atom. The lowest BCUT2D eigenvalue weighted by molar-refractivity contribution is -0.117. The van der Waals surface area contributed by atoms with Crippen LogP contribution in [0.15, 0.2) is 54.7 Å². The van der Waals surface area contributed by atoms with Gasteiger partial charge in [0.05, 0.1) is 0 Å². The molecule has 0 aliphatic carbocycles. The molecule has 7 nitrogen and oxygen atoms in total. The van der Waals surface area contributed by atoms with Gasteiger partial charge < -0.3 is 20.4 Å². The highest BCUT2D eigenvalue weighted by Crippen LogP contribution is 2.15. The SMILES string of the molecule is C[C@H](NC(=O)N1CCN(c2ccccc2)CC1)C(=O)Nc1ccccn1. The highest BCUT2D eigenvalue weighted by molar-refractivity contribution is 5.96. The fraction of sp³-hybridized carbons (Fsp3) is 0.316. The molecule has 0 bridgehead atoms. The lowest BCUT2D eigenvalue weighted by Gasteiger charge is -2.36. The molecule has 1 saturated heterocycles. The summed E-state index contributed by atoms with van der Waals surface area (Å²) in [7, 11) is 0. The zero-order chi connectivity index (χ0) is 18.4. The topological polar surface area (TPSA) is 77.6 Å². The van der Waals surface area contributed by atoms with E-state index in [0.29, 0.717) is 18.9 Å². The zero-order valence-corrected chi connectivity index (χ0v) is 14.8. The molecule has 1 aromatic heterocycles. The van der Waals surface area contributed by atoms with Crippen LogP contribution in [0.25, 0.3) is 0 Å². The molecule has 2 aromatic rings. The van der Waals surface area contributed by atoms with Crippen LogP contribution in [-0.4, -0.2) is 54.0 Å². The predicted octanol–water partition coefficient (Wildman–Crippen LogP) is 1.94. The molecule has 0 saturated carbocycles. The number of carbonyl (C=O) groups is 2. The molecule has 136 valence electrons. The number of amides is 3. The van der Waals surface area contributed by atoms with Gasteiger partial charge in [-0.2, -0.15) is 0 Å². The number of anilines is 2. The van der Waals surface area contributed by atoms with Crippen LogP contribution in [0.1, 0.15) is 6.92 Å². The van der Waals surface area contributed by atoms with Crippen LogP contribution in [0.4, 0.5) is 16.3 Å². The van der Waals surface area contributed by atoms with Crippen molar-refractivity contribution in [3.8, 4) is 0 Å². The standard InChI is InChI=1S/C19H23N5O2/c1-15(18(25)22-17-9-5-6-10-20-17)21-19(26)24-13-11-23(12-14-24)16-7-3-2-4-8-16/h2-10,15H,11-14H2,1H3,(H,21,26)(H,20,22,25)/t15-/m0/s1. The Hall–Kier alpha value is -3.09. The Balaban J connectivity index is 1.47. The number of urea groups is 1. The minimum Gasteiger partial charge on any atom is -0.368 e. The summed E-state index contributed by atoms with van der Waals surface area (Å²) in [5.41, 5.74) is 1.16. The first kappa shape index (κ1) is 17.7. The van der Waals surface area contributed by atoms with E-state index in [-0.39, 0.29) is 11.9 Å². The van der Waals surface area contributed by atoms with E-state index in [0.717, 1.165) is 18.8 Å². The fourth-order valence-corrected chi connectivity index (χ4v) is 2.82. The van der Waals surface area contributed by atoms with E-state index in [1.807, 2.05) is 18.2 Å². The minimum atomic E-state index is -0.642. The van der Waals surface area contributed by atoms with E-state index in [4.69, 9.17) is 0 Å². The molecule has 2 heterocycles. The molecule has 7 heteroatoms. The van der Waals surface area contributed by atoms with Gasteiger partial charge in [0.1, 0.15) is 11.9 Å². The van der Waals surface area contributed by atoms with Crippen LogP contribution in [-0.2, 0) is 4.79 Å². The molecule has 1 fully saturated rings. The average Bonchev–Trinajstić information content (AvgIpc) is 2.69. The zero-order valence-electron chi connectivity index (χ0n) is 14.8. The number of benzene rings is 1. The largest absolute Gasteiger partial charge is 0.368 e. The Labute approximate surface area is 153 Å². The summed E-state index contributed by atoms with van der Waals surface area (Å²) in [6, 6.07) is 14.6. The van der Waals surface area contributed by atoms with Crippen molar-refractivity contribution in [1.29, 1.82) is 0 Å². The third kappa shape index (κ3) is 4.50. The van der Waals surface area contributed by atoms with Gasteiger partial charge in [-0.05, 0) is 31.2 Å². The van der Waals surface area contributed by atoms with Crippen molar-refractivity contribution >= 4 is 23.4 Å². The first-order chi connectivity index (χ1) is 12.6. The van der Waals surface area contributed by atoms with Gasteiger partial charge in [-0.1, -0.05) is 24.3 Å². The Kier molecular flexibility index (Phi) is 5.68. The second kappa shape index (κ2) is 8.33. The van der Waals surface area contributed by atoms with Gasteiger partial charge in [-0.25, -0.2) is 9.78 Å². The molecule has 1 aliphatic rings. The third-order valence-electron chi connectivity index (χ3n) is 4.34. The Bertz CT molecular complexity index is 730. The highest BCUT2D eigenvalue weighted by Gasteiger charge is 2.24. The monoisotopic (exact) mass is 353 g/mol. The summed E-state index contributed by atoms with van der Waals surface area (Å²) in [6.07, 6.45) is 1.60. The summed E-state index contributed by atoms with van der Waals surface area (Å²) in [5.74, 6) is 0.176. The lowest BCUT2D eigenvalue weighted by atomic mass is 10.2. The number of carbonyl (C=O) groups excluding carboxylic acids is 2. The number of nitrogens with zero attached hydrogens (tertiary/aromatic N) is 3. The predicted molar refractivity (Wildman–Crippen MR) is 101 cm³/mol. The normalized spacial score (nSPS) is 15.3. The molecule has 1 aromatic carbocycles. The van der Waals surface area contributed by atoms with Gasteiger partial charge in [0, 0.05) is 38.1 Å². The molecule has 1 atom stereocenters. The first-order valence-electron chi connectivity index (χ1n) is 8.71. The van der Waals surface area contributed by atoms with Gasteiger partial charge in [0.15, 0.2) is 0 Å². The van der Waals surface area contributed by atoms with Crippen LogP contribution < -0.4 is 15.5 Å². The number of aromatic nitrogens is 1. The van der Waals surface area contributed by atoms with Crippen LogP contribution in [0.5, 0.6) is 0 Å². The minimum absolute atomic E-state index is 0.221. The van der Waals surface area contributed by atoms with E-state index in [9.17, 15) is 9.59 Å². The average molecular weight is 353 g/mol. The van der Waals surface area contributed by atoms with Crippen molar-refractivity contribution < 1.29 is 9.59 Å². The number of nitrogens with one attached hydrogen (secondary N) is 2. The van der Waals surface area contributed by atoms with Gasteiger partial charge in [-0.3, -0.25) is 4.79 Å². The van der Waals surface area contributed by atoms with Crippen LogP contribution in [0, 0.1) is 0 Å². The summed E-state index contributed by atoms with van der Waals surface area (Å²) in [6.45, 7) is 4.44. The van der Waals surface area contributed by atoms with Gasteiger partial charge >= 0.3 is 6.03 Å². The number of rotatable bonds is 4. The van der Waals surface area contributed by atoms with Crippen molar-refractivity contribution in [1.82, 2.24) is 15.2 Å². The smallest absolute Gasteiger partial charge is 0.318 e. The summed E-state index contributed by atoms with van der Waals surface area (Å²) in [5, 5.41) is 5.44. The molecular formula is C19H23N5O2. The number of piperazine rings is 1. The van der Waals surface area contributed by atoms with Gasteiger partial charge in [0.2, 0.25) is 5.91 Å². The number of para-hydroxylation sites is 1. The maximum Gasteiger partial charge on any atom is 0.318 e. The lowest BCUT2D eigenvalue weighted by Crippen LogP contribution is -2.54. The molecule has 3 amide bonds. The molecule has 0 spiro atoms. The maximum absolute atomic E-state index is 12.4. The number of pyridine rings is 1. The summed E-state index contributed by atoms with van der Waals surface area (Å²) >= 11 is 0. The molecule has 3 rings (SSSR count). The number of hydrogen-bond donors (Lipinski definition) is 2. The Morgan fingerprint density at radius 1 is 1.00 bits per heavy atom.